The maximum absolute atomic E-state index is 12.8. The van der Waals surface area contributed by atoms with Crippen molar-refractivity contribution in [1.82, 2.24) is 21.3 Å². The van der Waals surface area contributed by atoms with E-state index in [1.807, 2.05) is 6.92 Å². The zero-order valence-corrected chi connectivity index (χ0v) is 16.8. The Bertz CT molecular complexity index is 576. The molecule has 1 aliphatic heterocycles. The van der Waals surface area contributed by atoms with Crippen molar-refractivity contribution in [1.29, 1.82) is 0 Å². The van der Waals surface area contributed by atoms with Crippen LogP contribution in [0, 0.1) is 5.92 Å². The van der Waals surface area contributed by atoms with E-state index in [4.69, 9.17) is 5.11 Å². The number of aliphatic hydroxyl groups is 1. The fourth-order valence-electron chi connectivity index (χ4n) is 2.88. The van der Waals surface area contributed by atoms with Crippen molar-refractivity contribution >= 4 is 23.7 Å². The Balaban J connectivity index is 2.85. The standard InChI is InChI=1S/C18H32N4O6/c1-5-9(2)13(21-15(24)12-7-6-8-19-12)16(25)22-14(11(4)23)17(26)20-10(3)18(27)28/h9-14,19,23H,5-8H2,1-4H3,(H,20,26)(H,21,24)(H,22,25)(H,27,28). The Hall–Kier alpha value is -2.20. The lowest BCUT2D eigenvalue weighted by Crippen LogP contribution is -2.60. The first-order valence-electron chi connectivity index (χ1n) is 9.63. The summed E-state index contributed by atoms with van der Waals surface area (Å²) in [6.45, 7) is 7.01. The minimum Gasteiger partial charge on any atom is -0.480 e. The Labute approximate surface area is 164 Å². The molecule has 0 saturated carbocycles. The molecule has 0 radical (unpaired) electrons. The van der Waals surface area contributed by atoms with Crippen molar-refractivity contribution in [2.75, 3.05) is 6.54 Å². The van der Waals surface area contributed by atoms with Crippen LogP contribution in [0.3, 0.4) is 0 Å². The van der Waals surface area contributed by atoms with Crippen LogP contribution in [-0.4, -0.2) is 70.7 Å². The largest absolute Gasteiger partial charge is 0.480 e. The monoisotopic (exact) mass is 400 g/mol. The molecule has 160 valence electrons. The first-order valence-corrected chi connectivity index (χ1v) is 9.63. The first kappa shape index (κ1) is 23.8. The van der Waals surface area contributed by atoms with Gasteiger partial charge in [-0.15, -0.1) is 0 Å². The number of carbonyl (C=O) groups is 4. The van der Waals surface area contributed by atoms with E-state index in [2.05, 4.69) is 21.3 Å². The molecule has 0 aromatic heterocycles. The van der Waals surface area contributed by atoms with Crippen molar-refractivity contribution in [3.05, 3.63) is 0 Å². The van der Waals surface area contributed by atoms with E-state index in [9.17, 15) is 24.3 Å². The van der Waals surface area contributed by atoms with Gasteiger partial charge in [-0.3, -0.25) is 19.2 Å². The molecular weight excluding hydrogens is 368 g/mol. The average molecular weight is 400 g/mol. The van der Waals surface area contributed by atoms with Gasteiger partial charge < -0.3 is 31.5 Å². The summed E-state index contributed by atoms with van der Waals surface area (Å²) in [5, 5.41) is 29.3. The molecule has 1 heterocycles. The Kier molecular flexibility index (Phi) is 9.33. The highest BCUT2D eigenvalue weighted by Crippen LogP contribution is 2.11. The van der Waals surface area contributed by atoms with Crippen molar-refractivity contribution in [2.24, 2.45) is 5.92 Å². The zero-order valence-electron chi connectivity index (χ0n) is 16.8. The topological polar surface area (TPSA) is 157 Å². The molecule has 6 atom stereocenters. The van der Waals surface area contributed by atoms with E-state index < -0.39 is 42.0 Å². The second-order valence-corrected chi connectivity index (χ2v) is 7.32. The number of carboxylic acids is 1. The van der Waals surface area contributed by atoms with Gasteiger partial charge in [-0.1, -0.05) is 20.3 Å². The van der Waals surface area contributed by atoms with Gasteiger partial charge in [0, 0.05) is 0 Å². The van der Waals surface area contributed by atoms with Gasteiger partial charge in [0.1, 0.15) is 18.1 Å². The van der Waals surface area contributed by atoms with Crippen LogP contribution in [0.1, 0.15) is 47.0 Å². The Morgan fingerprint density at radius 2 is 1.64 bits per heavy atom. The van der Waals surface area contributed by atoms with Crippen LogP contribution >= 0.6 is 0 Å². The van der Waals surface area contributed by atoms with Gasteiger partial charge in [0.25, 0.3) is 0 Å². The predicted molar refractivity (Wildman–Crippen MR) is 101 cm³/mol. The number of hydrogen-bond acceptors (Lipinski definition) is 6. The van der Waals surface area contributed by atoms with Crippen LogP contribution in [0.2, 0.25) is 0 Å². The normalized spacial score (nSPS) is 21.7. The van der Waals surface area contributed by atoms with Crippen LogP contribution < -0.4 is 21.3 Å². The van der Waals surface area contributed by atoms with E-state index in [1.165, 1.54) is 13.8 Å². The number of carboxylic acid groups (broad SMARTS) is 1. The number of aliphatic hydroxyl groups excluding tert-OH is 1. The highest BCUT2D eigenvalue weighted by Gasteiger charge is 2.34. The third kappa shape index (κ3) is 6.75. The fraction of sp³-hybridized carbons (Fsp3) is 0.778. The van der Waals surface area contributed by atoms with Gasteiger partial charge in [0.2, 0.25) is 17.7 Å². The molecule has 1 rings (SSSR count). The van der Waals surface area contributed by atoms with Crippen LogP contribution in [0.15, 0.2) is 0 Å². The Morgan fingerprint density at radius 3 is 2.11 bits per heavy atom. The fourth-order valence-corrected chi connectivity index (χ4v) is 2.88. The number of nitrogens with one attached hydrogen (secondary N) is 4. The second-order valence-electron chi connectivity index (χ2n) is 7.32. The van der Waals surface area contributed by atoms with E-state index in [0.717, 1.165) is 13.0 Å². The third-order valence-corrected chi connectivity index (χ3v) is 4.96. The smallest absolute Gasteiger partial charge is 0.325 e. The lowest BCUT2D eigenvalue weighted by atomic mass is 9.97. The van der Waals surface area contributed by atoms with Gasteiger partial charge in [-0.2, -0.15) is 0 Å². The summed E-state index contributed by atoms with van der Waals surface area (Å²) in [6.07, 6.45) is 0.921. The summed E-state index contributed by atoms with van der Waals surface area (Å²) in [4.78, 5) is 48.4. The molecule has 10 nitrogen and oxygen atoms in total. The van der Waals surface area contributed by atoms with Gasteiger partial charge >= 0.3 is 5.97 Å². The quantitative estimate of drug-likeness (QED) is 0.267. The third-order valence-electron chi connectivity index (χ3n) is 4.96. The predicted octanol–water partition coefficient (Wildman–Crippen LogP) is -1.28. The molecule has 0 aromatic carbocycles. The number of aliphatic carboxylic acids is 1. The summed E-state index contributed by atoms with van der Waals surface area (Å²) in [7, 11) is 0. The van der Waals surface area contributed by atoms with Crippen LogP contribution in [-0.2, 0) is 19.2 Å². The zero-order chi connectivity index (χ0) is 21.4. The van der Waals surface area contributed by atoms with Crippen LogP contribution in [0.5, 0.6) is 0 Å². The molecule has 0 aromatic rings. The van der Waals surface area contributed by atoms with Gasteiger partial charge in [0.05, 0.1) is 12.1 Å². The molecule has 10 heteroatoms. The van der Waals surface area contributed by atoms with Crippen molar-refractivity contribution in [3.63, 3.8) is 0 Å². The number of rotatable bonds is 10. The maximum atomic E-state index is 12.8. The molecule has 1 fully saturated rings. The summed E-state index contributed by atoms with van der Waals surface area (Å²) in [6, 6.07) is -3.76. The number of amides is 3. The van der Waals surface area contributed by atoms with E-state index in [1.54, 1.807) is 6.92 Å². The molecular formula is C18H32N4O6. The Morgan fingerprint density at radius 1 is 1.04 bits per heavy atom. The van der Waals surface area contributed by atoms with Crippen molar-refractivity contribution in [2.45, 2.75) is 77.2 Å². The molecule has 3 amide bonds. The molecule has 6 unspecified atom stereocenters. The van der Waals surface area contributed by atoms with Gasteiger partial charge in [0.15, 0.2) is 0 Å². The SMILES string of the molecule is CCC(C)C(NC(=O)C1CCCN1)C(=O)NC(C(=O)NC(C)C(=O)O)C(C)O. The van der Waals surface area contributed by atoms with E-state index >= 15 is 0 Å². The summed E-state index contributed by atoms with van der Waals surface area (Å²) >= 11 is 0. The lowest BCUT2D eigenvalue weighted by Gasteiger charge is -2.28. The van der Waals surface area contributed by atoms with Crippen LogP contribution in [0.4, 0.5) is 0 Å². The molecule has 0 spiro atoms. The molecule has 1 saturated heterocycles. The van der Waals surface area contributed by atoms with Crippen LogP contribution in [0.25, 0.3) is 0 Å². The summed E-state index contributed by atoms with van der Waals surface area (Å²) in [5.41, 5.74) is 0. The molecule has 0 bridgehead atoms. The molecule has 28 heavy (non-hydrogen) atoms. The van der Waals surface area contributed by atoms with Gasteiger partial charge in [-0.05, 0) is 39.2 Å². The van der Waals surface area contributed by atoms with Crippen molar-refractivity contribution in [3.8, 4) is 0 Å². The minimum absolute atomic E-state index is 0.207. The maximum Gasteiger partial charge on any atom is 0.325 e. The van der Waals surface area contributed by atoms with Gasteiger partial charge in [-0.25, -0.2) is 0 Å². The lowest BCUT2D eigenvalue weighted by molar-refractivity contribution is -0.142. The van der Waals surface area contributed by atoms with Crippen molar-refractivity contribution < 1.29 is 29.4 Å². The average Bonchev–Trinajstić information content (AvgIpc) is 3.17. The number of carbonyl (C=O) groups excluding carboxylic acids is 3. The minimum atomic E-state index is -1.35. The number of hydrogen-bond donors (Lipinski definition) is 6. The summed E-state index contributed by atoms with van der Waals surface area (Å²) in [5.74, 6) is -3.15. The van der Waals surface area contributed by atoms with E-state index in [-0.39, 0.29) is 17.9 Å². The second kappa shape index (κ2) is 11.0. The first-order chi connectivity index (χ1) is 13.1. The molecule has 6 N–H and O–H groups in total. The molecule has 0 aliphatic carbocycles. The highest BCUT2D eigenvalue weighted by atomic mass is 16.4. The van der Waals surface area contributed by atoms with E-state index in [0.29, 0.717) is 12.8 Å². The molecule has 1 aliphatic rings. The highest BCUT2D eigenvalue weighted by molar-refractivity contribution is 5.94. The summed E-state index contributed by atoms with van der Waals surface area (Å²) < 4.78 is 0.